The van der Waals surface area contributed by atoms with Crippen molar-refractivity contribution in [1.29, 1.82) is 0 Å². The van der Waals surface area contributed by atoms with Crippen LogP contribution in [0.5, 0.6) is 5.75 Å². The minimum Gasteiger partial charge on any atom is -0.465 e. The summed E-state index contributed by atoms with van der Waals surface area (Å²) in [4.78, 5) is 10.5. The summed E-state index contributed by atoms with van der Waals surface area (Å²) in [6.45, 7) is 4.80. The Labute approximate surface area is 109 Å². The van der Waals surface area contributed by atoms with Gasteiger partial charge in [-0.1, -0.05) is 26.2 Å². The van der Waals surface area contributed by atoms with E-state index in [2.05, 4.69) is 6.92 Å². The number of carbonyl (C=O) groups excluding carboxylic acids is 1. The summed E-state index contributed by atoms with van der Waals surface area (Å²) >= 11 is 0. The summed E-state index contributed by atoms with van der Waals surface area (Å²) in [7, 11) is 0. The smallest absolute Gasteiger partial charge is 0.196 e. The van der Waals surface area contributed by atoms with Crippen LogP contribution in [0.3, 0.4) is 0 Å². The predicted octanol–water partition coefficient (Wildman–Crippen LogP) is 3.82. The maximum atomic E-state index is 10.5. The zero-order valence-corrected chi connectivity index (χ0v) is 11.2. The van der Waals surface area contributed by atoms with Gasteiger partial charge in [0, 0.05) is 5.56 Å². The van der Waals surface area contributed by atoms with E-state index in [4.69, 9.17) is 9.47 Å². The third kappa shape index (κ3) is 5.82. The van der Waals surface area contributed by atoms with Crippen LogP contribution in [-0.2, 0) is 4.74 Å². The second kappa shape index (κ2) is 8.70. The minimum atomic E-state index is -0.256. The van der Waals surface area contributed by atoms with Crippen LogP contribution in [-0.4, -0.2) is 19.2 Å². The van der Waals surface area contributed by atoms with Crippen LogP contribution in [0.1, 0.15) is 49.9 Å². The van der Waals surface area contributed by atoms with Crippen molar-refractivity contribution >= 4 is 6.29 Å². The Hall–Kier alpha value is -1.35. The predicted molar refractivity (Wildman–Crippen MR) is 72.0 cm³/mol. The molecule has 1 aromatic rings. The summed E-state index contributed by atoms with van der Waals surface area (Å²) in [5.74, 6) is 0.724. The number of benzene rings is 1. The maximum absolute atomic E-state index is 10.5. The number of carbonyl (C=O) groups is 1. The van der Waals surface area contributed by atoms with Crippen LogP contribution in [0.4, 0.5) is 0 Å². The monoisotopic (exact) mass is 250 g/mol. The molecule has 1 unspecified atom stereocenters. The van der Waals surface area contributed by atoms with Gasteiger partial charge in [0.15, 0.2) is 6.29 Å². The van der Waals surface area contributed by atoms with E-state index in [0.717, 1.165) is 25.1 Å². The van der Waals surface area contributed by atoms with Crippen LogP contribution in [0.25, 0.3) is 0 Å². The highest BCUT2D eigenvalue weighted by Gasteiger charge is 2.03. The van der Waals surface area contributed by atoms with Crippen molar-refractivity contribution in [2.24, 2.45) is 0 Å². The van der Waals surface area contributed by atoms with E-state index in [1.54, 1.807) is 24.3 Å². The molecule has 0 spiro atoms. The molecule has 0 amide bonds. The van der Waals surface area contributed by atoms with Crippen molar-refractivity contribution in [3.05, 3.63) is 29.8 Å². The van der Waals surface area contributed by atoms with Crippen molar-refractivity contribution < 1.29 is 14.3 Å². The van der Waals surface area contributed by atoms with Crippen molar-refractivity contribution in [3.8, 4) is 5.75 Å². The van der Waals surface area contributed by atoms with Gasteiger partial charge in [-0.2, -0.15) is 0 Å². The van der Waals surface area contributed by atoms with Crippen LogP contribution >= 0.6 is 0 Å². The van der Waals surface area contributed by atoms with E-state index >= 15 is 0 Å². The molecule has 1 aromatic carbocycles. The number of rotatable bonds is 9. The average Bonchev–Trinajstić information content (AvgIpc) is 2.39. The zero-order valence-electron chi connectivity index (χ0n) is 11.2. The van der Waals surface area contributed by atoms with E-state index in [-0.39, 0.29) is 6.29 Å². The fourth-order valence-electron chi connectivity index (χ4n) is 1.63. The average molecular weight is 250 g/mol. The van der Waals surface area contributed by atoms with Crippen LogP contribution in [0.15, 0.2) is 24.3 Å². The number of hydrogen-bond donors (Lipinski definition) is 0. The van der Waals surface area contributed by atoms with Gasteiger partial charge < -0.3 is 9.47 Å². The van der Waals surface area contributed by atoms with Crippen LogP contribution in [0, 0.1) is 0 Å². The van der Waals surface area contributed by atoms with Gasteiger partial charge in [0.05, 0.1) is 6.61 Å². The molecular formula is C15H22O3. The summed E-state index contributed by atoms with van der Waals surface area (Å²) in [6, 6.07) is 7.02. The molecule has 0 aliphatic carbocycles. The summed E-state index contributed by atoms with van der Waals surface area (Å²) < 4.78 is 11.1. The molecule has 0 saturated carbocycles. The second-order valence-corrected chi connectivity index (χ2v) is 4.30. The minimum absolute atomic E-state index is 0.256. The molecule has 0 saturated heterocycles. The summed E-state index contributed by atoms with van der Waals surface area (Å²) in [5.41, 5.74) is 0.649. The molecule has 0 radical (unpaired) electrons. The first-order valence-electron chi connectivity index (χ1n) is 6.59. The first-order valence-corrected chi connectivity index (χ1v) is 6.59. The molecule has 0 N–H and O–H groups in total. The molecule has 0 heterocycles. The van der Waals surface area contributed by atoms with Crippen molar-refractivity contribution in [1.82, 2.24) is 0 Å². The fourth-order valence-corrected chi connectivity index (χ4v) is 1.63. The van der Waals surface area contributed by atoms with Crippen molar-refractivity contribution in [2.75, 3.05) is 6.61 Å². The maximum Gasteiger partial charge on any atom is 0.196 e. The third-order valence-corrected chi connectivity index (χ3v) is 2.67. The number of unbranched alkanes of at least 4 members (excludes halogenated alkanes) is 3. The summed E-state index contributed by atoms with van der Waals surface area (Å²) in [6.07, 6.45) is 5.33. The lowest BCUT2D eigenvalue weighted by molar-refractivity contribution is -0.0676. The molecule has 18 heavy (non-hydrogen) atoms. The lowest BCUT2D eigenvalue weighted by atomic mass is 10.2. The van der Waals surface area contributed by atoms with Crippen molar-refractivity contribution in [3.63, 3.8) is 0 Å². The zero-order chi connectivity index (χ0) is 13.2. The molecular weight excluding hydrogens is 228 g/mol. The standard InChI is InChI=1S/C15H22O3/c1-3-4-5-6-11-17-13(2)18-15-9-7-14(12-16)8-10-15/h7-10,12-13H,3-6,11H2,1-2H3. The highest BCUT2D eigenvalue weighted by atomic mass is 16.7. The molecule has 100 valence electrons. The van der Waals surface area contributed by atoms with E-state index < -0.39 is 0 Å². The van der Waals surface area contributed by atoms with Gasteiger partial charge in [-0.25, -0.2) is 0 Å². The number of ether oxygens (including phenoxy) is 2. The SMILES string of the molecule is CCCCCCOC(C)Oc1ccc(C=O)cc1. The number of hydrogen-bond acceptors (Lipinski definition) is 3. The van der Waals surface area contributed by atoms with E-state index in [9.17, 15) is 4.79 Å². The Morgan fingerprint density at radius 1 is 1.17 bits per heavy atom. The van der Waals surface area contributed by atoms with Gasteiger partial charge in [-0.05, 0) is 37.6 Å². The van der Waals surface area contributed by atoms with E-state index in [1.807, 2.05) is 6.92 Å². The van der Waals surface area contributed by atoms with Gasteiger partial charge in [0.2, 0.25) is 0 Å². The molecule has 1 atom stereocenters. The number of aldehydes is 1. The van der Waals surface area contributed by atoms with Gasteiger partial charge in [0.25, 0.3) is 0 Å². The van der Waals surface area contributed by atoms with Crippen LogP contribution < -0.4 is 4.74 Å². The Bertz CT molecular complexity index is 332. The van der Waals surface area contributed by atoms with Crippen molar-refractivity contribution in [2.45, 2.75) is 45.8 Å². The molecule has 1 rings (SSSR count). The van der Waals surface area contributed by atoms with Gasteiger partial charge in [-0.3, -0.25) is 4.79 Å². The normalized spacial score (nSPS) is 12.1. The lowest BCUT2D eigenvalue weighted by Crippen LogP contribution is -2.16. The molecule has 0 aromatic heterocycles. The van der Waals surface area contributed by atoms with Gasteiger partial charge in [-0.15, -0.1) is 0 Å². The molecule has 0 fully saturated rings. The van der Waals surface area contributed by atoms with E-state index in [1.165, 1.54) is 19.3 Å². The van der Waals surface area contributed by atoms with E-state index in [0.29, 0.717) is 5.56 Å². The lowest BCUT2D eigenvalue weighted by Gasteiger charge is -2.15. The van der Waals surface area contributed by atoms with Gasteiger partial charge in [0.1, 0.15) is 12.0 Å². The highest BCUT2D eigenvalue weighted by Crippen LogP contribution is 2.13. The largest absolute Gasteiger partial charge is 0.465 e. The first kappa shape index (κ1) is 14.7. The Kier molecular flexibility index (Phi) is 7.11. The van der Waals surface area contributed by atoms with Crippen LogP contribution in [0.2, 0.25) is 0 Å². The Balaban J connectivity index is 2.22. The second-order valence-electron chi connectivity index (χ2n) is 4.30. The molecule has 0 bridgehead atoms. The molecule has 3 heteroatoms. The summed E-state index contributed by atoms with van der Waals surface area (Å²) in [5, 5.41) is 0. The molecule has 0 aliphatic rings. The fraction of sp³-hybridized carbons (Fsp3) is 0.533. The molecule has 3 nitrogen and oxygen atoms in total. The Morgan fingerprint density at radius 3 is 2.50 bits per heavy atom. The quantitative estimate of drug-likeness (QED) is 0.379. The topological polar surface area (TPSA) is 35.5 Å². The highest BCUT2D eigenvalue weighted by molar-refractivity contribution is 5.74. The molecule has 0 aliphatic heterocycles. The van der Waals surface area contributed by atoms with Gasteiger partial charge >= 0.3 is 0 Å². The Morgan fingerprint density at radius 2 is 1.89 bits per heavy atom. The third-order valence-electron chi connectivity index (χ3n) is 2.67. The first-order chi connectivity index (χ1) is 8.76.